The van der Waals surface area contributed by atoms with Crippen molar-refractivity contribution in [2.24, 2.45) is 11.7 Å². The smallest absolute Gasteiger partial charge is 0.115 e. The van der Waals surface area contributed by atoms with Crippen molar-refractivity contribution in [1.82, 2.24) is 9.97 Å². The molecule has 0 bridgehead atoms. The summed E-state index contributed by atoms with van der Waals surface area (Å²) in [6.45, 7) is 4.16. The van der Waals surface area contributed by atoms with E-state index in [1.54, 1.807) is 12.4 Å². The molecule has 0 fully saturated rings. The van der Waals surface area contributed by atoms with E-state index >= 15 is 0 Å². The van der Waals surface area contributed by atoms with Crippen LogP contribution in [-0.4, -0.2) is 9.97 Å². The fourth-order valence-electron chi connectivity index (χ4n) is 0.868. The molecule has 1 atom stereocenters. The van der Waals surface area contributed by atoms with E-state index in [1.807, 2.05) is 0 Å². The van der Waals surface area contributed by atoms with Gasteiger partial charge in [-0.05, 0) is 5.92 Å². The molecule has 1 aromatic heterocycles. The van der Waals surface area contributed by atoms with Gasteiger partial charge < -0.3 is 5.73 Å². The molecule has 0 amide bonds. The van der Waals surface area contributed by atoms with Crippen LogP contribution in [0.1, 0.15) is 25.5 Å². The maximum absolute atomic E-state index is 5.86. The van der Waals surface area contributed by atoms with Crippen molar-refractivity contribution in [3.05, 3.63) is 24.3 Å². The molecule has 0 aliphatic heterocycles. The molecule has 0 saturated heterocycles. The summed E-state index contributed by atoms with van der Waals surface area (Å²) in [4.78, 5) is 7.79. The van der Waals surface area contributed by atoms with E-state index in [1.165, 1.54) is 6.33 Å². The third kappa shape index (κ3) is 1.98. The Morgan fingerprint density at radius 2 is 1.82 bits per heavy atom. The molecule has 3 nitrogen and oxygen atoms in total. The second kappa shape index (κ2) is 3.44. The van der Waals surface area contributed by atoms with E-state index in [0.717, 1.165) is 5.56 Å². The summed E-state index contributed by atoms with van der Waals surface area (Å²) in [6, 6.07) is 0.0520. The SMILES string of the molecule is CC(C)[C@@H](N)c1cncnc1. The summed E-state index contributed by atoms with van der Waals surface area (Å²) < 4.78 is 0. The molecule has 0 unspecified atom stereocenters. The number of aromatic nitrogens is 2. The molecule has 11 heavy (non-hydrogen) atoms. The lowest BCUT2D eigenvalue weighted by Crippen LogP contribution is -2.16. The van der Waals surface area contributed by atoms with Gasteiger partial charge >= 0.3 is 0 Å². The van der Waals surface area contributed by atoms with Gasteiger partial charge in [0, 0.05) is 24.0 Å². The van der Waals surface area contributed by atoms with Crippen LogP contribution >= 0.6 is 0 Å². The van der Waals surface area contributed by atoms with Crippen LogP contribution in [-0.2, 0) is 0 Å². The molecular weight excluding hydrogens is 138 g/mol. The van der Waals surface area contributed by atoms with E-state index in [0.29, 0.717) is 5.92 Å². The van der Waals surface area contributed by atoms with Gasteiger partial charge in [-0.1, -0.05) is 13.8 Å². The van der Waals surface area contributed by atoms with Crippen LogP contribution in [0.4, 0.5) is 0 Å². The highest BCUT2D eigenvalue weighted by Gasteiger charge is 2.09. The number of rotatable bonds is 2. The van der Waals surface area contributed by atoms with Crippen LogP contribution in [0.2, 0.25) is 0 Å². The van der Waals surface area contributed by atoms with Gasteiger partial charge in [-0.25, -0.2) is 9.97 Å². The van der Waals surface area contributed by atoms with Crippen molar-refractivity contribution >= 4 is 0 Å². The van der Waals surface area contributed by atoms with Gasteiger partial charge in [0.15, 0.2) is 0 Å². The molecule has 0 aliphatic rings. The maximum Gasteiger partial charge on any atom is 0.115 e. The Bertz CT molecular complexity index is 208. The van der Waals surface area contributed by atoms with E-state index in [4.69, 9.17) is 5.73 Å². The van der Waals surface area contributed by atoms with Crippen molar-refractivity contribution in [2.75, 3.05) is 0 Å². The van der Waals surface area contributed by atoms with Gasteiger partial charge in [0.05, 0.1) is 0 Å². The molecule has 0 radical (unpaired) electrons. The lowest BCUT2D eigenvalue weighted by molar-refractivity contribution is 0.511. The van der Waals surface area contributed by atoms with Crippen LogP contribution in [0.15, 0.2) is 18.7 Å². The van der Waals surface area contributed by atoms with E-state index < -0.39 is 0 Å². The second-order valence-electron chi connectivity index (χ2n) is 2.94. The summed E-state index contributed by atoms with van der Waals surface area (Å²) in [7, 11) is 0. The molecule has 0 saturated carbocycles. The van der Waals surface area contributed by atoms with Crippen molar-refractivity contribution in [3.8, 4) is 0 Å². The molecular formula is C8H13N3. The third-order valence-electron chi connectivity index (χ3n) is 1.68. The van der Waals surface area contributed by atoms with Crippen molar-refractivity contribution in [2.45, 2.75) is 19.9 Å². The van der Waals surface area contributed by atoms with Crippen LogP contribution in [0.3, 0.4) is 0 Å². The highest BCUT2D eigenvalue weighted by molar-refractivity contribution is 5.08. The van der Waals surface area contributed by atoms with E-state index in [2.05, 4.69) is 23.8 Å². The Morgan fingerprint density at radius 1 is 1.27 bits per heavy atom. The van der Waals surface area contributed by atoms with Gasteiger partial charge in [-0.3, -0.25) is 0 Å². The normalized spacial score (nSPS) is 13.5. The summed E-state index contributed by atoms with van der Waals surface area (Å²) in [5.74, 6) is 0.431. The Hall–Kier alpha value is -0.960. The summed E-state index contributed by atoms with van der Waals surface area (Å²) >= 11 is 0. The highest BCUT2D eigenvalue weighted by atomic mass is 14.8. The fraction of sp³-hybridized carbons (Fsp3) is 0.500. The predicted octanol–water partition coefficient (Wildman–Crippen LogP) is 1.13. The lowest BCUT2D eigenvalue weighted by atomic mass is 10.00. The van der Waals surface area contributed by atoms with Gasteiger partial charge in [-0.15, -0.1) is 0 Å². The zero-order valence-corrected chi connectivity index (χ0v) is 6.86. The first kappa shape index (κ1) is 8.14. The maximum atomic E-state index is 5.86. The van der Waals surface area contributed by atoms with Crippen LogP contribution < -0.4 is 5.73 Å². The topological polar surface area (TPSA) is 51.8 Å². The predicted molar refractivity (Wildman–Crippen MR) is 43.8 cm³/mol. The minimum atomic E-state index is 0.0520. The number of nitrogens with zero attached hydrogens (tertiary/aromatic N) is 2. The zero-order chi connectivity index (χ0) is 8.27. The average molecular weight is 151 g/mol. The summed E-state index contributed by atoms with van der Waals surface area (Å²) in [5, 5.41) is 0. The van der Waals surface area contributed by atoms with Crippen molar-refractivity contribution < 1.29 is 0 Å². The highest BCUT2D eigenvalue weighted by Crippen LogP contribution is 2.15. The molecule has 3 heteroatoms. The van der Waals surface area contributed by atoms with Gasteiger partial charge in [-0.2, -0.15) is 0 Å². The molecule has 2 N–H and O–H groups in total. The van der Waals surface area contributed by atoms with Crippen LogP contribution in [0, 0.1) is 5.92 Å². The van der Waals surface area contributed by atoms with Crippen molar-refractivity contribution in [3.63, 3.8) is 0 Å². The first-order valence-corrected chi connectivity index (χ1v) is 3.72. The Morgan fingerprint density at radius 3 is 2.27 bits per heavy atom. The lowest BCUT2D eigenvalue weighted by Gasteiger charge is -2.14. The Labute approximate surface area is 66.7 Å². The fourth-order valence-corrected chi connectivity index (χ4v) is 0.868. The molecule has 60 valence electrons. The molecule has 0 aromatic carbocycles. The van der Waals surface area contributed by atoms with Crippen LogP contribution in [0.25, 0.3) is 0 Å². The van der Waals surface area contributed by atoms with Gasteiger partial charge in [0.2, 0.25) is 0 Å². The van der Waals surface area contributed by atoms with E-state index in [-0.39, 0.29) is 6.04 Å². The first-order valence-electron chi connectivity index (χ1n) is 3.72. The molecule has 0 aliphatic carbocycles. The monoisotopic (exact) mass is 151 g/mol. The molecule has 0 spiro atoms. The first-order chi connectivity index (χ1) is 5.22. The standard InChI is InChI=1S/C8H13N3/c1-6(2)8(9)7-3-10-5-11-4-7/h3-6,8H,9H2,1-2H3/t8-/m1/s1. The summed E-state index contributed by atoms with van der Waals surface area (Å²) in [6.07, 6.45) is 5.03. The number of hydrogen-bond donors (Lipinski definition) is 1. The van der Waals surface area contributed by atoms with Crippen LogP contribution in [0.5, 0.6) is 0 Å². The largest absolute Gasteiger partial charge is 0.324 e. The van der Waals surface area contributed by atoms with Gasteiger partial charge in [0.1, 0.15) is 6.33 Å². The molecule has 1 heterocycles. The zero-order valence-electron chi connectivity index (χ0n) is 6.86. The Balaban J connectivity index is 2.77. The minimum Gasteiger partial charge on any atom is -0.324 e. The van der Waals surface area contributed by atoms with E-state index in [9.17, 15) is 0 Å². The number of nitrogens with two attached hydrogens (primary N) is 1. The number of hydrogen-bond acceptors (Lipinski definition) is 3. The molecule has 1 rings (SSSR count). The molecule has 1 aromatic rings. The Kier molecular flexibility index (Phi) is 2.54. The third-order valence-corrected chi connectivity index (χ3v) is 1.68. The van der Waals surface area contributed by atoms with Gasteiger partial charge in [0.25, 0.3) is 0 Å². The average Bonchev–Trinajstić information content (AvgIpc) is 2.05. The summed E-state index contributed by atoms with van der Waals surface area (Å²) in [5.41, 5.74) is 6.86. The second-order valence-corrected chi connectivity index (χ2v) is 2.94. The quantitative estimate of drug-likeness (QED) is 0.689. The van der Waals surface area contributed by atoms with Crippen molar-refractivity contribution in [1.29, 1.82) is 0 Å². The minimum absolute atomic E-state index is 0.0520.